The number of nitrogens with one attached hydrogen (secondary N) is 1. The number of fused-ring (bicyclic) bond motifs is 1. The second kappa shape index (κ2) is 8.36. The Balaban J connectivity index is 1.58. The molecule has 0 unspecified atom stereocenters. The van der Waals surface area contributed by atoms with E-state index in [0.717, 1.165) is 12.1 Å². The molecule has 3 heterocycles. The molecule has 4 rings (SSSR count). The Bertz CT molecular complexity index is 1210. The van der Waals surface area contributed by atoms with Gasteiger partial charge in [0.2, 0.25) is 0 Å². The predicted octanol–water partition coefficient (Wildman–Crippen LogP) is 2.92. The highest BCUT2D eigenvalue weighted by Crippen LogP contribution is 2.31. The molecule has 1 aliphatic rings. The van der Waals surface area contributed by atoms with Crippen molar-refractivity contribution in [2.45, 2.75) is 39.2 Å². The van der Waals surface area contributed by atoms with Crippen LogP contribution in [0.25, 0.3) is 11.4 Å². The lowest BCUT2D eigenvalue weighted by Crippen LogP contribution is -2.35. The number of halogens is 3. The lowest BCUT2D eigenvalue weighted by molar-refractivity contribution is -0.137. The number of pyridine rings is 1. The Morgan fingerprint density at radius 1 is 1.22 bits per heavy atom. The van der Waals surface area contributed by atoms with Gasteiger partial charge in [0, 0.05) is 48.9 Å². The summed E-state index contributed by atoms with van der Waals surface area (Å²) in [5.74, 6) is 0.243. The molecule has 32 heavy (non-hydrogen) atoms. The predicted molar refractivity (Wildman–Crippen MR) is 110 cm³/mol. The largest absolute Gasteiger partial charge is 0.506 e. The summed E-state index contributed by atoms with van der Waals surface area (Å²) >= 11 is 0. The normalized spacial score (nSPS) is 14.4. The number of hydrogen-bond acceptors (Lipinski definition) is 6. The molecule has 0 radical (unpaired) electrons. The van der Waals surface area contributed by atoms with Gasteiger partial charge in [-0.1, -0.05) is 12.1 Å². The Labute approximate surface area is 181 Å². The van der Waals surface area contributed by atoms with Crippen molar-refractivity contribution in [3.63, 3.8) is 0 Å². The zero-order valence-corrected chi connectivity index (χ0v) is 17.2. The van der Waals surface area contributed by atoms with E-state index >= 15 is 0 Å². The van der Waals surface area contributed by atoms with Gasteiger partial charge in [0.15, 0.2) is 0 Å². The van der Waals surface area contributed by atoms with Gasteiger partial charge in [0.1, 0.15) is 11.6 Å². The van der Waals surface area contributed by atoms with Crippen LogP contribution >= 0.6 is 0 Å². The summed E-state index contributed by atoms with van der Waals surface area (Å²) < 4.78 is 38.4. The van der Waals surface area contributed by atoms with Crippen molar-refractivity contribution < 1.29 is 23.4 Å². The summed E-state index contributed by atoms with van der Waals surface area (Å²) in [5.41, 5.74) is 1.87. The number of nitrogens with zero attached hydrogens (tertiary/aromatic N) is 3. The zero-order chi connectivity index (χ0) is 23.0. The van der Waals surface area contributed by atoms with E-state index in [1.54, 1.807) is 6.92 Å². The Hall–Kier alpha value is -3.24. The van der Waals surface area contributed by atoms with Gasteiger partial charge >= 0.3 is 6.18 Å². The quantitative estimate of drug-likeness (QED) is 0.570. The second-order valence-corrected chi connectivity index (χ2v) is 7.73. The highest BCUT2D eigenvalue weighted by Gasteiger charge is 2.30. The van der Waals surface area contributed by atoms with Crippen LogP contribution < -0.4 is 5.56 Å². The van der Waals surface area contributed by atoms with Crippen LogP contribution in [0.2, 0.25) is 0 Å². The topological polar surface area (TPSA) is 102 Å². The SMILES string of the molecule is Cc1ncc(CO)c(CN2CCc3nc(-c4ccc(C(F)(F)F)cc4)[nH]c(=O)c3C2)c1O. The van der Waals surface area contributed by atoms with Gasteiger partial charge in [0.05, 0.1) is 29.1 Å². The van der Waals surface area contributed by atoms with E-state index in [1.807, 2.05) is 4.90 Å². The van der Waals surface area contributed by atoms with Crippen LogP contribution in [0.15, 0.2) is 35.3 Å². The maximum atomic E-state index is 12.8. The highest BCUT2D eigenvalue weighted by atomic mass is 19.4. The van der Waals surface area contributed by atoms with Crippen molar-refractivity contribution in [2.75, 3.05) is 6.54 Å². The summed E-state index contributed by atoms with van der Waals surface area (Å²) in [4.78, 5) is 25.9. The number of H-pyrrole nitrogens is 1. The number of rotatable bonds is 4. The van der Waals surface area contributed by atoms with Crippen molar-refractivity contribution in [3.05, 3.63) is 74.5 Å². The maximum absolute atomic E-state index is 12.8. The average Bonchev–Trinajstić information content (AvgIpc) is 2.77. The van der Waals surface area contributed by atoms with Gasteiger partial charge < -0.3 is 15.2 Å². The maximum Gasteiger partial charge on any atom is 0.416 e. The monoisotopic (exact) mass is 446 g/mol. The van der Waals surface area contributed by atoms with Crippen LogP contribution in [0.4, 0.5) is 13.2 Å². The fraction of sp³-hybridized carbons (Fsp3) is 0.318. The van der Waals surface area contributed by atoms with E-state index in [-0.39, 0.29) is 30.3 Å². The molecule has 10 heteroatoms. The Morgan fingerprint density at radius 2 is 1.94 bits per heavy atom. The van der Waals surface area contributed by atoms with Crippen LogP contribution in [0.5, 0.6) is 5.75 Å². The van der Waals surface area contributed by atoms with Crippen molar-refractivity contribution in [3.8, 4) is 17.1 Å². The molecular formula is C22H21F3N4O3. The number of aliphatic hydroxyl groups excluding tert-OH is 1. The lowest BCUT2D eigenvalue weighted by atomic mass is 10.0. The molecule has 0 spiro atoms. The number of aromatic nitrogens is 3. The molecular weight excluding hydrogens is 425 g/mol. The molecule has 3 aromatic rings. The third kappa shape index (κ3) is 4.23. The molecule has 0 aliphatic carbocycles. The number of benzene rings is 1. The Kier molecular flexibility index (Phi) is 5.74. The van der Waals surface area contributed by atoms with E-state index in [2.05, 4.69) is 15.0 Å². The third-order valence-corrected chi connectivity index (χ3v) is 5.62. The fourth-order valence-electron chi connectivity index (χ4n) is 3.79. The highest BCUT2D eigenvalue weighted by molar-refractivity contribution is 5.56. The lowest BCUT2D eigenvalue weighted by Gasteiger charge is -2.28. The molecule has 0 saturated heterocycles. The molecule has 3 N–H and O–H groups in total. The summed E-state index contributed by atoms with van der Waals surface area (Å²) in [5, 5.41) is 19.9. The minimum atomic E-state index is -4.43. The van der Waals surface area contributed by atoms with Gasteiger partial charge in [-0.15, -0.1) is 0 Å². The van der Waals surface area contributed by atoms with Crippen LogP contribution in [-0.4, -0.2) is 36.6 Å². The van der Waals surface area contributed by atoms with Crippen molar-refractivity contribution >= 4 is 0 Å². The molecule has 0 saturated carbocycles. The van der Waals surface area contributed by atoms with Gasteiger partial charge in [-0.3, -0.25) is 14.7 Å². The third-order valence-electron chi connectivity index (χ3n) is 5.62. The number of aromatic hydroxyl groups is 1. The first kappa shape index (κ1) is 22.0. The van der Waals surface area contributed by atoms with Gasteiger partial charge in [-0.05, 0) is 19.1 Å². The standard InChI is InChI=1S/C22H21F3N4O3/c1-12-19(31)16(14(11-30)8-26-12)9-29-7-6-18-17(10-29)21(32)28-20(27-18)13-2-4-15(5-3-13)22(23,24)25/h2-5,8,30-31H,6-7,9-11H2,1H3,(H,27,28,32). The van der Waals surface area contributed by atoms with Gasteiger partial charge in [-0.25, -0.2) is 4.98 Å². The second-order valence-electron chi connectivity index (χ2n) is 7.73. The van der Waals surface area contributed by atoms with Crippen LogP contribution in [0.3, 0.4) is 0 Å². The summed E-state index contributed by atoms with van der Waals surface area (Å²) in [6.45, 7) is 2.57. The first-order valence-electron chi connectivity index (χ1n) is 9.96. The molecule has 7 nitrogen and oxygen atoms in total. The average molecular weight is 446 g/mol. The van der Waals surface area contributed by atoms with Gasteiger partial charge in [-0.2, -0.15) is 13.2 Å². The minimum absolute atomic E-state index is 0.0204. The molecule has 0 bridgehead atoms. The fourth-order valence-corrected chi connectivity index (χ4v) is 3.79. The van der Waals surface area contributed by atoms with Crippen LogP contribution in [0.1, 0.15) is 33.6 Å². The first-order chi connectivity index (χ1) is 15.2. The van der Waals surface area contributed by atoms with Crippen molar-refractivity contribution in [1.29, 1.82) is 0 Å². The smallest absolute Gasteiger partial charge is 0.416 e. The molecule has 0 amide bonds. The molecule has 1 aliphatic heterocycles. The number of aromatic amines is 1. The van der Waals surface area contributed by atoms with E-state index in [0.29, 0.717) is 53.2 Å². The molecule has 1 aromatic carbocycles. The summed E-state index contributed by atoms with van der Waals surface area (Å²) in [6.07, 6.45) is -2.45. The van der Waals surface area contributed by atoms with E-state index in [9.17, 15) is 28.2 Å². The van der Waals surface area contributed by atoms with E-state index in [4.69, 9.17) is 0 Å². The molecule has 168 valence electrons. The number of aliphatic hydroxyl groups is 1. The number of hydrogen-bond donors (Lipinski definition) is 3. The van der Waals surface area contributed by atoms with Crippen LogP contribution in [-0.2, 0) is 32.3 Å². The van der Waals surface area contributed by atoms with Crippen molar-refractivity contribution in [2.24, 2.45) is 0 Å². The van der Waals surface area contributed by atoms with E-state index in [1.165, 1.54) is 18.3 Å². The molecule has 0 fully saturated rings. The first-order valence-corrected chi connectivity index (χ1v) is 9.96. The van der Waals surface area contributed by atoms with Crippen LogP contribution in [0, 0.1) is 6.92 Å². The summed E-state index contributed by atoms with van der Waals surface area (Å²) in [6, 6.07) is 4.48. The molecule has 0 atom stereocenters. The zero-order valence-electron chi connectivity index (χ0n) is 17.2. The van der Waals surface area contributed by atoms with Gasteiger partial charge in [0.25, 0.3) is 5.56 Å². The Morgan fingerprint density at radius 3 is 2.59 bits per heavy atom. The van der Waals surface area contributed by atoms with Crippen molar-refractivity contribution in [1.82, 2.24) is 19.9 Å². The number of alkyl halides is 3. The number of aryl methyl sites for hydroxylation is 1. The summed E-state index contributed by atoms with van der Waals surface area (Å²) in [7, 11) is 0. The van der Waals surface area contributed by atoms with E-state index < -0.39 is 11.7 Å². The molecule has 2 aromatic heterocycles. The minimum Gasteiger partial charge on any atom is -0.506 e.